The van der Waals surface area contributed by atoms with Gasteiger partial charge in [-0.2, -0.15) is 0 Å². The molecule has 0 unspecified atom stereocenters. The van der Waals surface area contributed by atoms with E-state index in [0.29, 0.717) is 6.54 Å². The molecule has 1 saturated carbocycles. The third kappa shape index (κ3) is 4.83. The summed E-state index contributed by atoms with van der Waals surface area (Å²) < 4.78 is 0. The van der Waals surface area contributed by atoms with E-state index in [1.54, 1.807) is 0 Å². The minimum absolute atomic E-state index is 0.0282. The Morgan fingerprint density at radius 3 is 2.30 bits per heavy atom. The molecule has 0 spiro atoms. The molecule has 0 saturated heterocycles. The molecule has 1 aliphatic carbocycles. The molecule has 0 aromatic carbocycles. The molecule has 2 N–H and O–H groups in total. The van der Waals surface area contributed by atoms with E-state index in [9.17, 15) is 9.59 Å². The maximum absolute atomic E-state index is 11.5. The third-order valence-electron chi connectivity index (χ3n) is 3.85. The van der Waals surface area contributed by atoms with E-state index in [1.807, 2.05) is 0 Å². The molecule has 0 bridgehead atoms. The summed E-state index contributed by atoms with van der Waals surface area (Å²) in [4.78, 5) is 22.9. The second kappa shape index (κ2) is 6.25. The van der Waals surface area contributed by atoms with Crippen molar-refractivity contribution in [3.05, 3.63) is 25.3 Å². The van der Waals surface area contributed by atoms with Gasteiger partial charge in [0.25, 0.3) is 0 Å². The predicted molar refractivity (Wildman–Crippen MR) is 81.1 cm³/mol. The summed E-state index contributed by atoms with van der Waals surface area (Å²) >= 11 is 0. The Morgan fingerprint density at radius 1 is 1.15 bits per heavy atom. The Bertz CT molecular complexity index is 415. The lowest BCUT2D eigenvalue weighted by atomic mass is 9.62. The van der Waals surface area contributed by atoms with Crippen LogP contribution in [-0.4, -0.2) is 24.4 Å². The number of nitrogens with one attached hydrogen (secondary N) is 2. The van der Waals surface area contributed by atoms with Crippen LogP contribution in [0.25, 0.3) is 0 Å². The van der Waals surface area contributed by atoms with Gasteiger partial charge in [-0.15, -0.1) is 0 Å². The highest BCUT2D eigenvalue weighted by molar-refractivity contribution is 5.87. The highest BCUT2D eigenvalue weighted by atomic mass is 16.2. The molecule has 0 radical (unpaired) electrons. The lowest BCUT2D eigenvalue weighted by Crippen LogP contribution is -2.50. The van der Waals surface area contributed by atoms with E-state index in [-0.39, 0.29) is 28.7 Å². The van der Waals surface area contributed by atoms with Crippen LogP contribution in [-0.2, 0) is 9.59 Å². The van der Waals surface area contributed by atoms with Gasteiger partial charge in [-0.05, 0) is 42.2 Å². The quantitative estimate of drug-likeness (QED) is 0.757. The van der Waals surface area contributed by atoms with Crippen molar-refractivity contribution in [1.82, 2.24) is 10.6 Å². The van der Waals surface area contributed by atoms with Crippen molar-refractivity contribution in [2.45, 2.75) is 46.1 Å². The Balaban J connectivity index is 2.74. The summed E-state index contributed by atoms with van der Waals surface area (Å²) in [7, 11) is 0. The van der Waals surface area contributed by atoms with Crippen LogP contribution >= 0.6 is 0 Å². The highest BCUT2D eigenvalue weighted by Crippen LogP contribution is 2.45. The summed E-state index contributed by atoms with van der Waals surface area (Å²) in [6.45, 7) is 14.1. The smallest absolute Gasteiger partial charge is 0.243 e. The number of carbonyl (C=O) groups is 2. The van der Waals surface area contributed by atoms with Gasteiger partial charge in [-0.25, -0.2) is 0 Å². The molecule has 0 aromatic rings. The lowest BCUT2D eigenvalue weighted by molar-refractivity contribution is -0.119. The van der Waals surface area contributed by atoms with Gasteiger partial charge < -0.3 is 10.6 Å². The SMILES string of the molecule is C=CC(=O)NC[C@]1(C)C[C@@H](NC(=O)C=C)CC(C)(C)C1. The maximum Gasteiger partial charge on any atom is 0.243 e. The van der Waals surface area contributed by atoms with Crippen molar-refractivity contribution < 1.29 is 9.59 Å². The Labute approximate surface area is 121 Å². The molecular formula is C16H26N2O2. The average Bonchev–Trinajstić information content (AvgIpc) is 2.33. The van der Waals surface area contributed by atoms with Crippen LogP contribution in [0.3, 0.4) is 0 Å². The molecule has 1 rings (SSSR count). The minimum atomic E-state index is -0.152. The Hall–Kier alpha value is -1.58. The van der Waals surface area contributed by atoms with Gasteiger partial charge in [-0.1, -0.05) is 33.9 Å². The van der Waals surface area contributed by atoms with Gasteiger partial charge in [0.05, 0.1) is 0 Å². The summed E-state index contributed by atoms with van der Waals surface area (Å²) in [5, 5.41) is 5.87. The Morgan fingerprint density at radius 2 is 1.75 bits per heavy atom. The number of hydrogen-bond donors (Lipinski definition) is 2. The molecule has 20 heavy (non-hydrogen) atoms. The van der Waals surface area contributed by atoms with Crippen molar-refractivity contribution in [3.63, 3.8) is 0 Å². The molecule has 112 valence electrons. The fraction of sp³-hybridized carbons (Fsp3) is 0.625. The first-order valence-corrected chi connectivity index (χ1v) is 7.03. The molecule has 2 atom stereocenters. The molecular weight excluding hydrogens is 252 g/mol. The van der Waals surface area contributed by atoms with E-state index in [4.69, 9.17) is 0 Å². The van der Waals surface area contributed by atoms with Gasteiger partial charge in [-0.3, -0.25) is 9.59 Å². The number of rotatable bonds is 5. The van der Waals surface area contributed by atoms with Crippen LogP contribution in [0.4, 0.5) is 0 Å². The van der Waals surface area contributed by atoms with E-state index in [1.165, 1.54) is 12.2 Å². The predicted octanol–water partition coefficient (Wildman–Crippen LogP) is 2.18. The zero-order chi connectivity index (χ0) is 15.4. The van der Waals surface area contributed by atoms with Crippen LogP contribution < -0.4 is 10.6 Å². The van der Waals surface area contributed by atoms with Crippen molar-refractivity contribution in [2.24, 2.45) is 10.8 Å². The second-order valence-electron chi connectivity index (χ2n) is 6.89. The first-order chi connectivity index (χ1) is 9.19. The van der Waals surface area contributed by atoms with Crippen molar-refractivity contribution in [3.8, 4) is 0 Å². The van der Waals surface area contributed by atoms with Gasteiger partial charge in [0.15, 0.2) is 0 Å². The molecule has 1 aliphatic rings. The molecule has 0 heterocycles. The monoisotopic (exact) mass is 278 g/mol. The van der Waals surface area contributed by atoms with E-state index >= 15 is 0 Å². The molecule has 1 fully saturated rings. The van der Waals surface area contributed by atoms with Gasteiger partial charge >= 0.3 is 0 Å². The molecule has 4 nitrogen and oxygen atoms in total. The Kier molecular flexibility index (Phi) is 5.15. The van der Waals surface area contributed by atoms with Crippen LogP contribution in [0, 0.1) is 10.8 Å². The highest BCUT2D eigenvalue weighted by Gasteiger charge is 2.41. The summed E-state index contributed by atoms with van der Waals surface area (Å²) in [5.41, 5.74) is 0.102. The van der Waals surface area contributed by atoms with Crippen LogP contribution in [0.2, 0.25) is 0 Å². The van der Waals surface area contributed by atoms with E-state index in [2.05, 4.69) is 44.6 Å². The minimum Gasteiger partial charge on any atom is -0.352 e. The lowest BCUT2D eigenvalue weighted by Gasteiger charge is -2.46. The van der Waals surface area contributed by atoms with Crippen LogP contribution in [0.1, 0.15) is 40.0 Å². The number of carbonyl (C=O) groups excluding carboxylic acids is 2. The number of amides is 2. The van der Waals surface area contributed by atoms with Crippen LogP contribution in [0.5, 0.6) is 0 Å². The van der Waals surface area contributed by atoms with Crippen molar-refractivity contribution in [1.29, 1.82) is 0 Å². The van der Waals surface area contributed by atoms with Gasteiger partial charge in [0, 0.05) is 12.6 Å². The van der Waals surface area contributed by atoms with E-state index < -0.39 is 0 Å². The summed E-state index contributed by atoms with van der Waals surface area (Å²) in [5.74, 6) is -0.286. The summed E-state index contributed by atoms with van der Waals surface area (Å²) in [6, 6.07) is 0.120. The van der Waals surface area contributed by atoms with Gasteiger partial charge in [0.2, 0.25) is 11.8 Å². The normalized spacial score (nSPS) is 28.2. The maximum atomic E-state index is 11.5. The topological polar surface area (TPSA) is 58.2 Å². The average molecular weight is 278 g/mol. The fourth-order valence-electron chi connectivity index (χ4n) is 3.50. The molecule has 2 amide bonds. The third-order valence-corrected chi connectivity index (χ3v) is 3.85. The van der Waals surface area contributed by atoms with Crippen molar-refractivity contribution in [2.75, 3.05) is 6.54 Å². The largest absolute Gasteiger partial charge is 0.352 e. The van der Waals surface area contributed by atoms with Crippen LogP contribution in [0.15, 0.2) is 25.3 Å². The standard InChI is InChI=1S/C16H26N2O2/c1-6-13(19)17-11-16(5)9-12(18-14(20)7-2)8-15(3,4)10-16/h6-7,12H,1-2,8-11H2,3-5H3,(H,17,19)(H,18,20)/t12-,16+/m0/s1. The molecule has 0 aliphatic heterocycles. The zero-order valence-corrected chi connectivity index (χ0v) is 12.8. The second-order valence-corrected chi connectivity index (χ2v) is 6.89. The van der Waals surface area contributed by atoms with Gasteiger partial charge in [0.1, 0.15) is 0 Å². The molecule has 4 heteroatoms. The molecule has 0 aromatic heterocycles. The first kappa shape index (κ1) is 16.5. The number of hydrogen-bond acceptors (Lipinski definition) is 2. The van der Waals surface area contributed by atoms with Crippen molar-refractivity contribution >= 4 is 11.8 Å². The van der Waals surface area contributed by atoms with E-state index in [0.717, 1.165) is 19.3 Å². The first-order valence-electron chi connectivity index (χ1n) is 7.03. The fourth-order valence-corrected chi connectivity index (χ4v) is 3.50. The zero-order valence-electron chi connectivity index (χ0n) is 12.8. The summed E-state index contributed by atoms with van der Waals surface area (Å²) in [6.07, 6.45) is 5.40.